The third-order valence-corrected chi connectivity index (χ3v) is 2.87. The SMILES string of the molecule is COc1ccc(N2C(=O)CCC2(C)O)cc1. The Morgan fingerprint density at radius 3 is 2.44 bits per heavy atom. The lowest BCUT2D eigenvalue weighted by Gasteiger charge is -2.30. The van der Waals surface area contributed by atoms with E-state index >= 15 is 0 Å². The standard InChI is InChI=1S/C12H15NO3/c1-12(15)8-7-11(14)13(12)9-3-5-10(16-2)6-4-9/h3-6,15H,7-8H2,1-2H3. The van der Waals surface area contributed by atoms with Crippen LogP contribution in [0.3, 0.4) is 0 Å². The summed E-state index contributed by atoms with van der Waals surface area (Å²) in [6.45, 7) is 1.65. The predicted octanol–water partition coefficient (Wildman–Crippen LogP) is 1.53. The molecule has 1 aromatic rings. The molecule has 0 aromatic heterocycles. The molecule has 1 unspecified atom stereocenters. The number of hydrogen-bond donors (Lipinski definition) is 1. The third kappa shape index (κ3) is 1.76. The van der Waals surface area contributed by atoms with Gasteiger partial charge in [-0.3, -0.25) is 9.69 Å². The number of rotatable bonds is 2. The fourth-order valence-corrected chi connectivity index (χ4v) is 1.99. The second-order valence-electron chi connectivity index (χ2n) is 4.14. The van der Waals surface area contributed by atoms with Gasteiger partial charge in [-0.2, -0.15) is 0 Å². The monoisotopic (exact) mass is 221 g/mol. The molecule has 0 radical (unpaired) electrons. The number of hydrogen-bond acceptors (Lipinski definition) is 3. The van der Waals surface area contributed by atoms with E-state index in [-0.39, 0.29) is 5.91 Å². The van der Waals surface area contributed by atoms with Gasteiger partial charge in [0.05, 0.1) is 7.11 Å². The molecule has 0 saturated carbocycles. The molecule has 0 spiro atoms. The van der Waals surface area contributed by atoms with Gasteiger partial charge in [0.1, 0.15) is 11.5 Å². The Morgan fingerprint density at radius 2 is 2.00 bits per heavy atom. The number of benzene rings is 1. The minimum atomic E-state index is -1.08. The molecule has 1 N–H and O–H groups in total. The molecule has 1 heterocycles. The van der Waals surface area contributed by atoms with Gasteiger partial charge in [-0.05, 0) is 31.2 Å². The van der Waals surface area contributed by atoms with Gasteiger partial charge in [0.2, 0.25) is 5.91 Å². The van der Waals surface area contributed by atoms with Crippen LogP contribution in [0, 0.1) is 0 Å². The van der Waals surface area contributed by atoms with Gasteiger partial charge in [0, 0.05) is 18.5 Å². The van der Waals surface area contributed by atoms with Crippen LogP contribution in [0.15, 0.2) is 24.3 Å². The molecular weight excluding hydrogens is 206 g/mol. The normalized spacial score (nSPS) is 24.9. The van der Waals surface area contributed by atoms with E-state index in [0.717, 1.165) is 5.75 Å². The molecule has 1 aliphatic heterocycles. The van der Waals surface area contributed by atoms with E-state index < -0.39 is 5.72 Å². The van der Waals surface area contributed by atoms with Gasteiger partial charge < -0.3 is 9.84 Å². The highest BCUT2D eigenvalue weighted by atomic mass is 16.5. The van der Waals surface area contributed by atoms with Crippen LogP contribution >= 0.6 is 0 Å². The van der Waals surface area contributed by atoms with E-state index in [4.69, 9.17) is 4.74 Å². The lowest BCUT2D eigenvalue weighted by atomic mass is 10.2. The predicted molar refractivity (Wildman–Crippen MR) is 60.3 cm³/mol. The number of ether oxygens (including phenoxy) is 1. The molecule has 1 saturated heterocycles. The first-order valence-electron chi connectivity index (χ1n) is 5.24. The summed E-state index contributed by atoms with van der Waals surface area (Å²) in [5.74, 6) is 0.685. The van der Waals surface area contributed by atoms with Crippen LogP contribution in [0.5, 0.6) is 5.75 Å². The van der Waals surface area contributed by atoms with Crippen LogP contribution in [0.25, 0.3) is 0 Å². The van der Waals surface area contributed by atoms with Crippen molar-refractivity contribution in [2.75, 3.05) is 12.0 Å². The van der Waals surface area contributed by atoms with Gasteiger partial charge in [0.25, 0.3) is 0 Å². The fourth-order valence-electron chi connectivity index (χ4n) is 1.99. The highest BCUT2D eigenvalue weighted by molar-refractivity contribution is 5.96. The Balaban J connectivity index is 2.32. The van der Waals surface area contributed by atoms with Gasteiger partial charge in [-0.1, -0.05) is 0 Å². The zero-order valence-electron chi connectivity index (χ0n) is 9.43. The number of methoxy groups -OCH3 is 1. The quantitative estimate of drug-likeness (QED) is 0.824. The molecule has 1 atom stereocenters. The van der Waals surface area contributed by atoms with Crippen molar-refractivity contribution in [3.63, 3.8) is 0 Å². The molecule has 16 heavy (non-hydrogen) atoms. The number of nitrogens with zero attached hydrogens (tertiary/aromatic N) is 1. The zero-order valence-corrected chi connectivity index (χ0v) is 9.43. The molecule has 86 valence electrons. The molecule has 2 rings (SSSR count). The first-order valence-corrected chi connectivity index (χ1v) is 5.24. The molecule has 1 aromatic carbocycles. The number of amides is 1. The van der Waals surface area contributed by atoms with Crippen LogP contribution in [-0.2, 0) is 4.79 Å². The van der Waals surface area contributed by atoms with Crippen LogP contribution in [-0.4, -0.2) is 23.8 Å². The Labute approximate surface area is 94.4 Å². The molecule has 4 heteroatoms. The highest BCUT2D eigenvalue weighted by Crippen LogP contribution is 2.33. The summed E-state index contributed by atoms with van der Waals surface area (Å²) >= 11 is 0. The van der Waals surface area contributed by atoms with Gasteiger partial charge in [-0.25, -0.2) is 0 Å². The highest BCUT2D eigenvalue weighted by Gasteiger charge is 2.40. The van der Waals surface area contributed by atoms with Gasteiger partial charge in [-0.15, -0.1) is 0 Å². The van der Waals surface area contributed by atoms with Crippen LogP contribution in [0.1, 0.15) is 19.8 Å². The Hall–Kier alpha value is -1.55. The lowest BCUT2D eigenvalue weighted by molar-refractivity contribution is -0.118. The average Bonchev–Trinajstić information content (AvgIpc) is 2.53. The zero-order chi connectivity index (χ0) is 11.8. The van der Waals surface area contributed by atoms with Crippen molar-refractivity contribution in [3.05, 3.63) is 24.3 Å². The van der Waals surface area contributed by atoms with E-state index in [1.165, 1.54) is 4.90 Å². The molecular formula is C12H15NO3. The molecule has 4 nitrogen and oxygen atoms in total. The van der Waals surface area contributed by atoms with Crippen molar-refractivity contribution in [1.29, 1.82) is 0 Å². The second kappa shape index (κ2) is 3.79. The first-order chi connectivity index (χ1) is 7.54. The number of aliphatic hydroxyl groups is 1. The minimum Gasteiger partial charge on any atom is -0.497 e. The molecule has 1 fully saturated rings. The summed E-state index contributed by atoms with van der Waals surface area (Å²) in [7, 11) is 1.59. The first kappa shape index (κ1) is 11.0. The Bertz CT molecular complexity index is 397. The van der Waals surface area contributed by atoms with Crippen LogP contribution in [0.4, 0.5) is 5.69 Å². The summed E-state index contributed by atoms with van der Waals surface area (Å²) < 4.78 is 5.04. The smallest absolute Gasteiger partial charge is 0.229 e. The average molecular weight is 221 g/mol. The fraction of sp³-hybridized carbons (Fsp3) is 0.417. The topological polar surface area (TPSA) is 49.8 Å². The number of carbonyl (C=O) groups is 1. The maximum atomic E-state index is 11.7. The summed E-state index contributed by atoms with van der Waals surface area (Å²) in [5, 5.41) is 10.1. The molecule has 1 amide bonds. The number of anilines is 1. The molecule has 0 bridgehead atoms. The van der Waals surface area contributed by atoms with Gasteiger partial charge in [0.15, 0.2) is 0 Å². The van der Waals surface area contributed by atoms with E-state index in [2.05, 4.69) is 0 Å². The van der Waals surface area contributed by atoms with Gasteiger partial charge >= 0.3 is 0 Å². The maximum absolute atomic E-state index is 11.7. The summed E-state index contributed by atoms with van der Waals surface area (Å²) in [6, 6.07) is 7.10. The summed E-state index contributed by atoms with van der Waals surface area (Å²) in [6.07, 6.45) is 0.858. The van der Waals surface area contributed by atoms with Crippen LogP contribution < -0.4 is 9.64 Å². The lowest BCUT2D eigenvalue weighted by Crippen LogP contribution is -2.43. The van der Waals surface area contributed by atoms with E-state index in [0.29, 0.717) is 18.5 Å². The minimum absolute atomic E-state index is 0.0461. The van der Waals surface area contributed by atoms with Crippen molar-refractivity contribution in [3.8, 4) is 5.75 Å². The van der Waals surface area contributed by atoms with Crippen molar-refractivity contribution < 1.29 is 14.6 Å². The third-order valence-electron chi connectivity index (χ3n) is 2.87. The van der Waals surface area contributed by atoms with Crippen molar-refractivity contribution in [2.45, 2.75) is 25.5 Å². The number of carbonyl (C=O) groups excluding carboxylic acids is 1. The van der Waals surface area contributed by atoms with E-state index in [1.54, 1.807) is 38.3 Å². The maximum Gasteiger partial charge on any atom is 0.229 e. The molecule has 0 aliphatic carbocycles. The summed E-state index contributed by atoms with van der Waals surface area (Å²) in [5.41, 5.74) is -0.376. The molecule has 1 aliphatic rings. The Morgan fingerprint density at radius 1 is 1.38 bits per heavy atom. The summed E-state index contributed by atoms with van der Waals surface area (Å²) in [4.78, 5) is 13.1. The van der Waals surface area contributed by atoms with Crippen molar-refractivity contribution >= 4 is 11.6 Å². The largest absolute Gasteiger partial charge is 0.497 e. The van der Waals surface area contributed by atoms with E-state index in [1.807, 2.05) is 0 Å². The van der Waals surface area contributed by atoms with Crippen molar-refractivity contribution in [1.82, 2.24) is 0 Å². The van der Waals surface area contributed by atoms with E-state index in [9.17, 15) is 9.90 Å². The van der Waals surface area contributed by atoms with Crippen LogP contribution in [0.2, 0.25) is 0 Å². The van der Waals surface area contributed by atoms with Crippen molar-refractivity contribution in [2.24, 2.45) is 0 Å². The Kier molecular flexibility index (Phi) is 2.59. The second-order valence-corrected chi connectivity index (χ2v) is 4.14.